The highest BCUT2D eigenvalue weighted by atomic mass is 32.2. The molecule has 1 aromatic carbocycles. The fraction of sp³-hybridized carbons (Fsp3) is 0.708. The summed E-state index contributed by atoms with van der Waals surface area (Å²) in [6.07, 6.45) is 12.0. The molecule has 0 bridgehead atoms. The Morgan fingerprint density at radius 2 is 1.56 bits per heavy atom. The molecule has 1 N–H and O–H groups in total. The van der Waals surface area contributed by atoms with Gasteiger partial charge in [0.2, 0.25) is 10.0 Å². The lowest BCUT2D eigenvalue weighted by molar-refractivity contribution is 0.151. The Balaban J connectivity index is 1.50. The minimum Gasteiger partial charge on any atom is -0.303 e. The summed E-state index contributed by atoms with van der Waals surface area (Å²) in [6.45, 7) is 4.95. The van der Waals surface area contributed by atoms with E-state index in [0.717, 1.165) is 49.1 Å². The van der Waals surface area contributed by atoms with Crippen LogP contribution in [0, 0.1) is 5.92 Å². The summed E-state index contributed by atoms with van der Waals surface area (Å²) in [4.78, 5) is 16.1. The highest BCUT2D eigenvalue weighted by Gasteiger charge is 2.28. The van der Waals surface area contributed by atoms with Crippen LogP contribution in [0.2, 0.25) is 0 Å². The van der Waals surface area contributed by atoms with Gasteiger partial charge >= 0.3 is 5.69 Å². The predicted molar refractivity (Wildman–Crippen MR) is 129 cm³/mol. The molecule has 1 aromatic heterocycles. The maximum Gasteiger partial charge on any atom is 0.330 e. The minimum atomic E-state index is -3.42. The first-order valence-electron chi connectivity index (χ1n) is 12.2. The van der Waals surface area contributed by atoms with Crippen LogP contribution in [0.25, 0.3) is 11.0 Å². The van der Waals surface area contributed by atoms with Gasteiger partial charge in [0.25, 0.3) is 0 Å². The van der Waals surface area contributed by atoms with Crippen LogP contribution in [0.1, 0.15) is 76.9 Å². The van der Waals surface area contributed by atoms with Crippen molar-refractivity contribution in [2.75, 3.05) is 25.9 Å². The third-order valence-corrected chi connectivity index (χ3v) is 8.02. The number of hydrogen-bond acceptors (Lipinski definition) is 4. The van der Waals surface area contributed by atoms with Crippen molar-refractivity contribution in [3.63, 3.8) is 0 Å². The minimum absolute atomic E-state index is 0.131. The summed E-state index contributed by atoms with van der Waals surface area (Å²) in [5.74, 6) is 0.819. The van der Waals surface area contributed by atoms with Gasteiger partial charge in [-0.3, -0.25) is 9.13 Å². The van der Waals surface area contributed by atoms with Crippen LogP contribution < -0.4 is 10.4 Å². The van der Waals surface area contributed by atoms with Crippen LogP contribution in [-0.2, 0) is 10.0 Å². The smallest absolute Gasteiger partial charge is 0.303 e. The Bertz CT molecular complexity index is 1060. The van der Waals surface area contributed by atoms with Crippen LogP contribution in [0.4, 0.5) is 0 Å². The Hall–Kier alpha value is -1.64. The number of piperidine rings is 1. The first kappa shape index (κ1) is 23.5. The van der Waals surface area contributed by atoms with Crippen molar-refractivity contribution in [1.29, 1.82) is 0 Å². The molecule has 1 saturated heterocycles. The van der Waals surface area contributed by atoms with Crippen molar-refractivity contribution in [2.45, 2.75) is 76.9 Å². The summed E-state index contributed by atoms with van der Waals surface area (Å²) in [7, 11) is -3.42. The molecule has 2 heterocycles. The molecule has 0 amide bonds. The molecule has 2 fully saturated rings. The largest absolute Gasteiger partial charge is 0.330 e. The Kier molecular flexibility index (Phi) is 7.42. The second kappa shape index (κ2) is 10.1. The molecule has 0 spiro atoms. The molecule has 1 aliphatic heterocycles. The monoisotopic (exact) mass is 462 g/mol. The van der Waals surface area contributed by atoms with E-state index in [9.17, 15) is 13.2 Å². The fourth-order valence-electron chi connectivity index (χ4n) is 5.73. The number of nitrogens with zero attached hydrogens (tertiary/aromatic N) is 3. The number of benzene rings is 1. The Labute approximate surface area is 191 Å². The van der Waals surface area contributed by atoms with Gasteiger partial charge in [0.15, 0.2) is 0 Å². The summed E-state index contributed by atoms with van der Waals surface area (Å²) in [5, 5.41) is 0. The van der Waals surface area contributed by atoms with Gasteiger partial charge in [-0.05, 0) is 50.7 Å². The van der Waals surface area contributed by atoms with Crippen LogP contribution in [-0.4, -0.2) is 48.3 Å². The van der Waals surface area contributed by atoms with Gasteiger partial charge in [0.1, 0.15) is 0 Å². The highest BCUT2D eigenvalue weighted by Crippen LogP contribution is 2.29. The van der Waals surface area contributed by atoms with Crippen molar-refractivity contribution in [2.24, 2.45) is 5.92 Å². The van der Waals surface area contributed by atoms with Crippen molar-refractivity contribution in [3.05, 3.63) is 34.7 Å². The van der Waals surface area contributed by atoms with Gasteiger partial charge in [0.05, 0.1) is 23.5 Å². The molecule has 1 unspecified atom stereocenters. The zero-order chi connectivity index (χ0) is 22.7. The third kappa shape index (κ3) is 5.46. The average molecular weight is 463 g/mol. The van der Waals surface area contributed by atoms with E-state index in [-0.39, 0.29) is 11.7 Å². The van der Waals surface area contributed by atoms with E-state index in [1.165, 1.54) is 51.5 Å². The van der Waals surface area contributed by atoms with E-state index in [0.29, 0.717) is 0 Å². The van der Waals surface area contributed by atoms with Crippen LogP contribution >= 0.6 is 0 Å². The zero-order valence-corrected chi connectivity index (χ0v) is 20.3. The molecular formula is C24H38N4O3S. The average Bonchev–Trinajstić information content (AvgIpc) is 3.01. The van der Waals surface area contributed by atoms with Crippen molar-refractivity contribution >= 4 is 21.1 Å². The Morgan fingerprint density at radius 1 is 0.969 bits per heavy atom. The molecule has 8 heteroatoms. The van der Waals surface area contributed by atoms with E-state index >= 15 is 0 Å². The standard InChI is InChI=1S/C24H38N4O3S/c1-19(25-32(2,30)31)27-22-12-8-9-13-23(22)28(24(27)29)21-14-16-26(17-15-21)18-20-10-6-4-3-5-7-11-20/h8-9,12-13,19-21,25H,3-7,10-11,14-18H2,1-2H3. The molecule has 1 atom stereocenters. The number of para-hydroxylation sites is 2. The van der Waals surface area contributed by atoms with Gasteiger partial charge in [-0.2, -0.15) is 4.72 Å². The van der Waals surface area contributed by atoms with Gasteiger partial charge in [-0.1, -0.05) is 44.2 Å². The van der Waals surface area contributed by atoms with Crippen LogP contribution in [0.3, 0.4) is 0 Å². The van der Waals surface area contributed by atoms with Crippen molar-refractivity contribution in [1.82, 2.24) is 18.8 Å². The molecule has 4 rings (SSSR count). The molecule has 2 aliphatic rings. The van der Waals surface area contributed by atoms with Gasteiger partial charge in [0, 0.05) is 25.7 Å². The number of hydrogen-bond donors (Lipinski definition) is 1. The molecule has 1 saturated carbocycles. The normalized spacial score (nSPS) is 21.4. The van der Waals surface area contributed by atoms with Gasteiger partial charge in [-0.15, -0.1) is 0 Å². The third-order valence-electron chi connectivity index (χ3n) is 7.25. The first-order valence-corrected chi connectivity index (χ1v) is 14.1. The summed E-state index contributed by atoms with van der Waals surface area (Å²) >= 11 is 0. The van der Waals surface area contributed by atoms with E-state index in [1.807, 2.05) is 28.8 Å². The number of nitrogens with one attached hydrogen (secondary N) is 1. The molecule has 0 radical (unpaired) electrons. The predicted octanol–water partition coefficient (Wildman–Crippen LogP) is 3.87. The lowest BCUT2D eigenvalue weighted by Crippen LogP contribution is -2.41. The number of fused-ring (bicyclic) bond motifs is 1. The summed E-state index contributed by atoms with van der Waals surface area (Å²) < 4.78 is 29.6. The molecule has 32 heavy (non-hydrogen) atoms. The van der Waals surface area contributed by atoms with Gasteiger partial charge in [-0.25, -0.2) is 13.2 Å². The second-order valence-corrected chi connectivity index (χ2v) is 11.6. The summed E-state index contributed by atoms with van der Waals surface area (Å²) in [5.41, 5.74) is 1.53. The molecule has 1 aliphatic carbocycles. The molecule has 2 aromatic rings. The van der Waals surface area contributed by atoms with Gasteiger partial charge < -0.3 is 4.90 Å². The van der Waals surface area contributed by atoms with Crippen LogP contribution in [0.5, 0.6) is 0 Å². The molecule has 7 nitrogen and oxygen atoms in total. The van der Waals surface area contributed by atoms with Crippen molar-refractivity contribution in [3.8, 4) is 0 Å². The van der Waals surface area contributed by atoms with E-state index in [2.05, 4.69) is 9.62 Å². The highest BCUT2D eigenvalue weighted by molar-refractivity contribution is 7.88. The quantitative estimate of drug-likeness (QED) is 0.707. The van der Waals surface area contributed by atoms with E-state index in [1.54, 1.807) is 11.5 Å². The molecular weight excluding hydrogens is 424 g/mol. The maximum atomic E-state index is 13.5. The topological polar surface area (TPSA) is 76.3 Å². The fourth-order valence-corrected chi connectivity index (χ4v) is 6.46. The summed E-state index contributed by atoms with van der Waals surface area (Å²) in [6, 6.07) is 7.86. The number of aromatic nitrogens is 2. The van der Waals surface area contributed by atoms with E-state index in [4.69, 9.17) is 0 Å². The zero-order valence-electron chi connectivity index (χ0n) is 19.5. The van der Waals surface area contributed by atoms with E-state index < -0.39 is 16.2 Å². The second-order valence-electron chi connectivity index (χ2n) is 9.82. The lowest BCUT2D eigenvalue weighted by atomic mass is 9.90. The first-order chi connectivity index (χ1) is 15.3. The maximum absolute atomic E-state index is 13.5. The Morgan fingerprint density at radius 3 is 2.19 bits per heavy atom. The number of sulfonamides is 1. The van der Waals surface area contributed by atoms with Crippen LogP contribution in [0.15, 0.2) is 29.1 Å². The lowest BCUT2D eigenvalue weighted by Gasteiger charge is -2.35. The number of imidazole rings is 1. The van der Waals surface area contributed by atoms with Crippen molar-refractivity contribution < 1.29 is 8.42 Å². The molecule has 178 valence electrons. The SMILES string of the molecule is CC(NS(C)(=O)=O)n1c(=O)n(C2CCN(CC3CCCCCCC3)CC2)c2ccccc21. The number of rotatable bonds is 6. The number of likely N-dealkylation sites (tertiary alicyclic amines) is 1.